The van der Waals surface area contributed by atoms with E-state index < -0.39 is 0 Å². The van der Waals surface area contributed by atoms with Gasteiger partial charge in [-0.2, -0.15) is 0 Å². The number of ketones is 1. The number of pyridine rings is 1. The largest absolute Gasteiger partial charge is 0.490 e. The Balaban J connectivity index is 1.83. The van der Waals surface area contributed by atoms with E-state index in [0.29, 0.717) is 46.3 Å². The van der Waals surface area contributed by atoms with Crippen LogP contribution in [0, 0.1) is 0 Å². The van der Waals surface area contributed by atoms with Crippen molar-refractivity contribution < 1.29 is 24.0 Å². The number of hydrogen-bond acceptors (Lipinski definition) is 8. The van der Waals surface area contributed by atoms with Crippen LogP contribution in [0.5, 0.6) is 11.6 Å². The number of rotatable bonds is 5. The van der Waals surface area contributed by atoms with Gasteiger partial charge in [-0.1, -0.05) is 19.8 Å². The third-order valence-electron chi connectivity index (χ3n) is 5.51. The van der Waals surface area contributed by atoms with Crippen LogP contribution < -0.4 is 19.9 Å². The van der Waals surface area contributed by atoms with Crippen LogP contribution in [0.3, 0.4) is 0 Å². The molecule has 0 saturated heterocycles. The van der Waals surface area contributed by atoms with Gasteiger partial charge in [0, 0.05) is 22.2 Å². The van der Waals surface area contributed by atoms with E-state index in [4.69, 9.17) is 24.2 Å². The normalized spacial score (nSPS) is 16.4. The maximum atomic E-state index is 13.6. The first-order chi connectivity index (χ1) is 14.7. The molecule has 5 rings (SSSR count). The van der Waals surface area contributed by atoms with E-state index in [-0.39, 0.29) is 11.7 Å². The first-order valence-electron chi connectivity index (χ1n) is 9.75. The molecule has 3 aromatic heterocycles. The van der Waals surface area contributed by atoms with Gasteiger partial charge < -0.3 is 14.5 Å². The van der Waals surface area contributed by atoms with Crippen molar-refractivity contribution in [3.63, 3.8) is 0 Å². The maximum absolute atomic E-state index is 13.6. The SMILES string of the molecule is CCCCC1C(=O)c2nc3c(OC)c(OC)[nH]c3nc2-c2ncc3c(c21)=COOC=3. The second-order valence-electron chi connectivity index (χ2n) is 7.19. The highest BCUT2D eigenvalue weighted by atomic mass is 17.2. The van der Waals surface area contributed by atoms with Gasteiger partial charge in [0.2, 0.25) is 11.6 Å². The molecule has 30 heavy (non-hydrogen) atoms. The number of nitrogens with one attached hydrogen (secondary N) is 1. The summed E-state index contributed by atoms with van der Waals surface area (Å²) in [6, 6.07) is 0. The van der Waals surface area contributed by atoms with Crippen molar-refractivity contribution in [2.45, 2.75) is 32.1 Å². The van der Waals surface area contributed by atoms with Crippen molar-refractivity contribution >= 4 is 29.5 Å². The number of hydrogen-bond donors (Lipinski definition) is 1. The number of fused-ring (bicyclic) bond motifs is 6. The highest BCUT2D eigenvalue weighted by molar-refractivity contribution is 6.09. The third-order valence-corrected chi connectivity index (χ3v) is 5.51. The number of aromatic nitrogens is 4. The Labute approximate surface area is 171 Å². The first-order valence-corrected chi connectivity index (χ1v) is 9.75. The number of unbranched alkanes of at least 4 members (excludes halogenated alkanes) is 1. The zero-order chi connectivity index (χ0) is 20.8. The number of carbonyl (C=O) groups excluding carboxylic acids is 1. The summed E-state index contributed by atoms with van der Waals surface area (Å²) < 4.78 is 10.8. The Morgan fingerprint density at radius 3 is 2.70 bits per heavy atom. The molecule has 0 amide bonds. The molecule has 1 N–H and O–H groups in total. The fourth-order valence-corrected chi connectivity index (χ4v) is 4.08. The van der Waals surface area contributed by atoms with Crippen molar-refractivity contribution in [3.05, 3.63) is 27.9 Å². The Kier molecular flexibility index (Phi) is 4.30. The van der Waals surface area contributed by atoms with Gasteiger partial charge in [-0.3, -0.25) is 19.6 Å². The standard InChI is InChI=1S/C21H20N4O5/c1-4-5-6-11-13-12-9-30-29-8-10(12)7-22-14(13)15-16(18(11)26)23-17-19(27-2)21(28-3)25-20(17)24-15/h7-9,11H,4-6H2,1-3H3,(H,24,25). The monoisotopic (exact) mass is 408 g/mol. The zero-order valence-electron chi connectivity index (χ0n) is 16.8. The highest BCUT2D eigenvalue weighted by Gasteiger charge is 2.37. The van der Waals surface area contributed by atoms with E-state index in [1.807, 2.05) is 0 Å². The van der Waals surface area contributed by atoms with Crippen LogP contribution in [0.2, 0.25) is 0 Å². The van der Waals surface area contributed by atoms with Crippen LogP contribution in [0.15, 0.2) is 6.20 Å². The number of Topliss-reactive ketones (excluding diaryl/α,β-unsaturated/α-hetero) is 1. The van der Waals surface area contributed by atoms with Gasteiger partial charge >= 0.3 is 0 Å². The van der Waals surface area contributed by atoms with Crippen LogP contribution in [-0.4, -0.2) is 39.9 Å². The molecule has 3 aromatic rings. The summed E-state index contributed by atoms with van der Waals surface area (Å²) in [4.78, 5) is 40.6. The van der Waals surface area contributed by atoms with Gasteiger partial charge in [0.15, 0.2) is 29.5 Å². The van der Waals surface area contributed by atoms with Crippen molar-refractivity contribution in [3.8, 4) is 23.0 Å². The summed E-state index contributed by atoms with van der Waals surface area (Å²) in [5.74, 6) is 0.341. The Morgan fingerprint density at radius 2 is 1.93 bits per heavy atom. The molecule has 4 heterocycles. The summed E-state index contributed by atoms with van der Waals surface area (Å²) >= 11 is 0. The number of carbonyl (C=O) groups is 1. The van der Waals surface area contributed by atoms with E-state index in [9.17, 15) is 4.79 Å². The smallest absolute Gasteiger partial charge is 0.238 e. The minimum Gasteiger partial charge on any atom is -0.490 e. The molecule has 9 nitrogen and oxygen atoms in total. The molecule has 0 fully saturated rings. The van der Waals surface area contributed by atoms with Crippen LogP contribution in [0.1, 0.15) is 48.2 Å². The predicted molar refractivity (Wildman–Crippen MR) is 107 cm³/mol. The van der Waals surface area contributed by atoms with Gasteiger partial charge in [-0.05, 0) is 6.42 Å². The Morgan fingerprint density at radius 1 is 1.10 bits per heavy atom. The van der Waals surface area contributed by atoms with Gasteiger partial charge in [0.25, 0.3) is 0 Å². The molecule has 0 saturated carbocycles. The molecule has 1 aliphatic carbocycles. The second kappa shape index (κ2) is 7.01. The predicted octanol–water partition coefficient (Wildman–Crippen LogP) is 1.95. The van der Waals surface area contributed by atoms with E-state index >= 15 is 0 Å². The molecule has 0 aromatic carbocycles. The lowest BCUT2D eigenvalue weighted by molar-refractivity contribution is -0.151. The molecular formula is C21H20N4O5. The highest BCUT2D eigenvalue weighted by Crippen LogP contribution is 2.40. The summed E-state index contributed by atoms with van der Waals surface area (Å²) in [5.41, 5.74) is 3.07. The lowest BCUT2D eigenvalue weighted by atomic mass is 9.80. The number of methoxy groups -OCH3 is 2. The Hall–Kier alpha value is -3.62. The summed E-state index contributed by atoms with van der Waals surface area (Å²) in [6.07, 6.45) is 7.23. The van der Waals surface area contributed by atoms with Gasteiger partial charge in [-0.25, -0.2) is 9.97 Å². The summed E-state index contributed by atoms with van der Waals surface area (Å²) in [7, 11) is 3.05. The van der Waals surface area contributed by atoms with Gasteiger partial charge in [0.05, 0.1) is 25.8 Å². The minimum atomic E-state index is -0.389. The molecule has 9 heteroatoms. The molecule has 0 radical (unpaired) electrons. The summed E-state index contributed by atoms with van der Waals surface area (Å²) in [5, 5.41) is 1.55. The molecule has 1 atom stereocenters. The lowest BCUT2D eigenvalue weighted by Crippen LogP contribution is -2.38. The van der Waals surface area contributed by atoms with E-state index in [1.54, 1.807) is 6.20 Å². The topological polar surface area (TPSA) is 108 Å². The van der Waals surface area contributed by atoms with E-state index in [0.717, 1.165) is 28.8 Å². The number of nitrogens with zero attached hydrogens (tertiary/aromatic N) is 3. The summed E-state index contributed by atoms with van der Waals surface area (Å²) in [6.45, 7) is 2.10. The molecule has 1 unspecified atom stereocenters. The van der Waals surface area contributed by atoms with Crippen molar-refractivity contribution in [1.29, 1.82) is 0 Å². The van der Waals surface area contributed by atoms with Crippen molar-refractivity contribution in [2.75, 3.05) is 14.2 Å². The number of ether oxygens (including phenoxy) is 2. The Bertz CT molecular complexity index is 1300. The average molecular weight is 408 g/mol. The van der Waals surface area contributed by atoms with E-state index in [2.05, 4.69) is 21.9 Å². The fourth-order valence-electron chi connectivity index (χ4n) is 4.08. The van der Waals surface area contributed by atoms with Crippen LogP contribution in [-0.2, 0) is 9.78 Å². The molecule has 0 bridgehead atoms. The quantitative estimate of drug-likeness (QED) is 0.638. The van der Waals surface area contributed by atoms with Crippen molar-refractivity contribution in [2.24, 2.45) is 0 Å². The first kappa shape index (κ1) is 18.4. The zero-order valence-corrected chi connectivity index (χ0v) is 16.8. The fraction of sp³-hybridized carbons (Fsp3) is 0.333. The molecule has 2 aliphatic rings. The molecular weight excluding hydrogens is 388 g/mol. The maximum Gasteiger partial charge on any atom is 0.238 e. The number of aromatic amines is 1. The van der Waals surface area contributed by atoms with Crippen molar-refractivity contribution in [1.82, 2.24) is 19.9 Å². The average Bonchev–Trinajstić information content (AvgIpc) is 3.14. The molecule has 154 valence electrons. The van der Waals surface area contributed by atoms with Gasteiger partial charge in [0.1, 0.15) is 11.4 Å². The third kappa shape index (κ3) is 2.54. The van der Waals surface area contributed by atoms with Crippen LogP contribution in [0.25, 0.3) is 35.1 Å². The van der Waals surface area contributed by atoms with Gasteiger partial charge in [-0.15, -0.1) is 0 Å². The van der Waals surface area contributed by atoms with Crippen LogP contribution >= 0.6 is 0 Å². The molecule has 0 spiro atoms. The molecule has 1 aliphatic heterocycles. The van der Waals surface area contributed by atoms with E-state index in [1.165, 1.54) is 26.7 Å². The number of H-pyrrole nitrogens is 1. The minimum absolute atomic E-state index is 0.0855. The second-order valence-corrected chi connectivity index (χ2v) is 7.19. The lowest BCUT2D eigenvalue weighted by Gasteiger charge is -2.25. The van der Waals surface area contributed by atoms with Crippen LogP contribution in [0.4, 0.5) is 0 Å².